The Hall–Kier alpha value is -1.64. The minimum atomic E-state index is 0.416. The first-order valence-corrected chi connectivity index (χ1v) is 5.01. The Morgan fingerprint density at radius 1 is 1.27 bits per heavy atom. The number of rotatable bonds is 2. The molecule has 0 fully saturated rings. The maximum atomic E-state index is 4.98. The molecule has 0 spiro atoms. The van der Waals surface area contributed by atoms with Gasteiger partial charge in [-0.05, 0) is 23.6 Å². The van der Waals surface area contributed by atoms with Crippen molar-refractivity contribution in [3.63, 3.8) is 0 Å². The molecule has 0 saturated heterocycles. The van der Waals surface area contributed by atoms with Crippen molar-refractivity contribution in [2.45, 2.75) is 19.8 Å². The molecule has 3 nitrogen and oxygen atoms in total. The maximum Gasteiger partial charge on any atom is 0.316 e. The van der Waals surface area contributed by atoms with Gasteiger partial charge in [0.15, 0.2) is 0 Å². The highest BCUT2D eigenvalue weighted by Gasteiger charge is 2.03. The fourth-order valence-electron chi connectivity index (χ4n) is 1.49. The molecular formula is C12H14N2O. The lowest BCUT2D eigenvalue weighted by molar-refractivity contribution is 0.382. The minimum Gasteiger partial charge on any atom is -0.467 e. The average molecular weight is 202 g/mol. The van der Waals surface area contributed by atoms with E-state index in [0.29, 0.717) is 11.9 Å². The highest BCUT2D eigenvalue weighted by Crippen LogP contribution is 2.20. The standard InChI is InChI=1S/C12H14N2O/c1-8(2)9-4-5-11-10(6-9)7-13-12(14-11)15-3/h4-8H,1-3H3. The van der Waals surface area contributed by atoms with Gasteiger partial charge < -0.3 is 4.74 Å². The molecular weight excluding hydrogens is 188 g/mol. The second kappa shape index (κ2) is 3.85. The van der Waals surface area contributed by atoms with Crippen molar-refractivity contribution in [3.05, 3.63) is 30.0 Å². The fourth-order valence-corrected chi connectivity index (χ4v) is 1.49. The summed E-state index contributed by atoms with van der Waals surface area (Å²) in [7, 11) is 1.57. The van der Waals surface area contributed by atoms with Crippen molar-refractivity contribution in [2.24, 2.45) is 0 Å². The highest BCUT2D eigenvalue weighted by molar-refractivity contribution is 5.78. The van der Waals surface area contributed by atoms with Gasteiger partial charge in [-0.1, -0.05) is 19.9 Å². The maximum absolute atomic E-state index is 4.98. The van der Waals surface area contributed by atoms with Gasteiger partial charge in [-0.2, -0.15) is 4.98 Å². The molecule has 0 aliphatic heterocycles. The first-order valence-electron chi connectivity index (χ1n) is 5.01. The normalized spacial score (nSPS) is 10.9. The smallest absolute Gasteiger partial charge is 0.316 e. The van der Waals surface area contributed by atoms with Gasteiger partial charge >= 0.3 is 6.01 Å². The predicted octanol–water partition coefficient (Wildman–Crippen LogP) is 2.76. The second-order valence-corrected chi connectivity index (χ2v) is 3.83. The lowest BCUT2D eigenvalue weighted by Gasteiger charge is -2.06. The largest absolute Gasteiger partial charge is 0.467 e. The molecule has 1 aromatic heterocycles. The molecule has 0 saturated carbocycles. The van der Waals surface area contributed by atoms with Gasteiger partial charge in [0.2, 0.25) is 0 Å². The lowest BCUT2D eigenvalue weighted by atomic mass is 10.0. The van der Waals surface area contributed by atoms with Crippen LogP contribution in [0.1, 0.15) is 25.3 Å². The van der Waals surface area contributed by atoms with Gasteiger partial charge in [-0.15, -0.1) is 0 Å². The molecule has 0 aliphatic carbocycles. The number of methoxy groups -OCH3 is 1. The molecule has 0 N–H and O–H groups in total. The van der Waals surface area contributed by atoms with E-state index in [1.54, 1.807) is 13.3 Å². The molecule has 0 aliphatic rings. The highest BCUT2D eigenvalue weighted by atomic mass is 16.5. The number of aromatic nitrogens is 2. The summed E-state index contributed by atoms with van der Waals surface area (Å²) in [4.78, 5) is 8.35. The first kappa shape index (κ1) is 9.90. The van der Waals surface area contributed by atoms with Crippen LogP contribution in [0.3, 0.4) is 0 Å². The summed E-state index contributed by atoms with van der Waals surface area (Å²) in [5.41, 5.74) is 2.22. The van der Waals surface area contributed by atoms with E-state index in [0.717, 1.165) is 10.9 Å². The molecule has 1 heterocycles. The number of nitrogens with zero attached hydrogens (tertiary/aromatic N) is 2. The predicted molar refractivity (Wildman–Crippen MR) is 60.2 cm³/mol. The second-order valence-electron chi connectivity index (χ2n) is 3.83. The number of fused-ring (bicyclic) bond motifs is 1. The number of benzene rings is 1. The minimum absolute atomic E-state index is 0.416. The Morgan fingerprint density at radius 2 is 2.07 bits per heavy atom. The number of hydrogen-bond acceptors (Lipinski definition) is 3. The SMILES string of the molecule is COc1ncc2cc(C(C)C)ccc2n1. The Morgan fingerprint density at radius 3 is 2.73 bits per heavy atom. The molecule has 0 atom stereocenters. The Balaban J connectivity index is 2.55. The van der Waals surface area contributed by atoms with Crippen molar-refractivity contribution in [2.75, 3.05) is 7.11 Å². The summed E-state index contributed by atoms with van der Waals surface area (Å²) in [5.74, 6) is 0.525. The van der Waals surface area contributed by atoms with Crippen LogP contribution in [-0.2, 0) is 0 Å². The summed E-state index contributed by atoms with van der Waals surface area (Å²) in [5, 5.41) is 1.06. The van der Waals surface area contributed by atoms with E-state index >= 15 is 0 Å². The van der Waals surface area contributed by atoms with Crippen LogP contribution < -0.4 is 4.74 Å². The third-order valence-electron chi connectivity index (χ3n) is 2.43. The molecule has 2 aromatic rings. The van der Waals surface area contributed by atoms with Gasteiger partial charge in [0, 0.05) is 11.6 Å². The topological polar surface area (TPSA) is 35.0 Å². The molecule has 0 unspecified atom stereocenters. The van der Waals surface area contributed by atoms with E-state index < -0.39 is 0 Å². The monoisotopic (exact) mass is 202 g/mol. The van der Waals surface area contributed by atoms with Crippen LogP contribution in [0.15, 0.2) is 24.4 Å². The van der Waals surface area contributed by atoms with Crippen LogP contribution >= 0.6 is 0 Å². The molecule has 3 heteroatoms. The quantitative estimate of drug-likeness (QED) is 0.751. The van der Waals surface area contributed by atoms with Gasteiger partial charge in [-0.25, -0.2) is 4.98 Å². The van der Waals surface area contributed by atoms with E-state index in [9.17, 15) is 0 Å². The van der Waals surface area contributed by atoms with Crippen molar-refractivity contribution >= 4 is 10.9 Å². The van der Waals surface area contributed by atoms with E-state index in [4.69, 9.17) is 4.74 Å². The van der Waals surface area contributed by atoms with Crippen molar-refractivity contribution in [1.29, 1.82) is 0 Å². The summed E-state index contributed by atoms with van der Waals surface area (Å²) < 4.78 is 4.98. The molecule has 78 valence electrons. The molecule has 15 heavy (non-hydrogen) atoms. The molecule has 0 radical (unpaired) electrons. The van der Waals surface area contributed by atoms with E-state index in [2.05, 4.69) is 35.9 Å². The van der Waals surface area contributed by atoms with Gasteiger partial charge in [0.25, 0.3) is 0 Å². The summed E-state index contributed by atoms with van der Waals surface area (Å²) >= 11 is 0. The van der Waals surface area contributed by atoms with Crippen LogP contribution in [0.5, 0.6) is 6.01 Å². The van der Waals surface area contributed by atoms with Crippen molar-refractivity contribution in [3.8, 4) is 6.01 Å². The van der Waals surface area contributed by atoms with Crippen LogP contribution in [0.2, 0.25) is 0 Å². The fraction of sp³-hybridized carbons (Fsp3) is 0.333. The lowest BCUT2D eigenvalue weighted by Crippen LogP contribution is -1.93. The Labute approximate surface area is 89.1 Å². The van der Waals surface area contributed by atoms with Gasteiger partial charge in [0.05, 0.1) is 12.6 Å². The van der Waals surface area contributed by atoms with Gasteiger partial charge in [-0.3, -0.25) is 0 Å². The molecule has 1 aromatic carbocycles. The Bertz CT molecular complexity index is 480. The molecule has 0 amide bonds. The number of hydrogen-bond donors (Lipinski definition) is 0. The van der Waals surface area contributed by atoms with E-state index in [1.165, 1.54) is 5.56 Å². The zero-order chi connectivity index (χ0) is 10.8. The summed E-state index contributed by atoms with van der Waals surface area (Å²) in [6.45, 7) is 4.34. The third kappa shape index (κ3) is 1.91. The van der Waals surface area contributed by atoms with Crippen molar-refractivity contribution < 1.29 is 4.74 Å². The van der Waals surface area contributed by atoms with Crippen LogP contribution in [-0.4, -0.2) is 17.1 Å². The van der Waals surface area contributed by atoms with E-state index in [-0.39, 0.29) is 0 Å². The number of ether oxygens (including phenoxy) is 1. The van der Waals surface area contributed by atoms with Gasteiger partial charge in [0.1, 0.15) is 0 Å². The third-order valence-corrected chi connectivity index (χ3v) is 2.43. The molecule has 2 rings (SSSR count). The molecule has 0 bridgehead atoms. The van der Waals surface area contributed by atoms with Crippen molar-refractivity contribution in [1.82, 2.24) is 9.97 Å². The Kier molecular flexibility index (Phi) is 2.54. The average Bonchev–Trinajstić information content (AvgIpc) is 2.27. The van der Waals surface area contributed by atoms with Crippen LogP contribution in [0.25, 0.3) is 10.9 Å². The zero-order valence-electron chi connectivity index (χ0n) is 9.19. The van der Waals surface area contributed by atoms with Crippen LogP contribution in [0, 0.1) is 0 Å². The van der Waals surface area contributed by atoms with E-state index in [1.807, 2.05) is 6.07 Å². The first-order chi connectivity index (χ1) is 7.20. The van der Waals surface area contributed by atoms with Crippen LogP contribution in [0.4, 0.5) is 0 Å². The zero-order valence-corrected chi connectivity index (χ0v) is 9.19. The summed E-state index contributed by atoms with van der Waals surface area (Å²) in [6, 6.07) is 6.65. The summed E-state index contributed by atoms with van der Waals surface area (Å²) in [6.07, 6.45) is 1.80.